The minimum atomic E-state index is -0.421. The predicted molar refractivity (Wildman–Crippen MR) is 192 cm³/mol. The Bertz CT molecular complexity index is 2340. The van der Waals surface area contributed by atoms with Gasteiger partial charge in [0.25, 0.3) is 0 Å². The van der Waals surface area contributed by atoms with Gasteiger partial charge in [-0.1, -0.05) is 0 Å². The van der Waals surface area contributed by atoms with Crippen LogP contribution in [0.3, 0.4) is 0 Å². The zero-order valence-corrected chi connectivity index (χ0v) is 26.2. The van der Waals surface area contributed by atoms with Crippen LogP contribution in [-0.2, 0) is 0 Å². The van der Waals surface area contributed by atoms with E-state index in [1.807, 2.05) is 54.6 Å². The fraction of sp³-hybridized carbons (Fsp3) is 0.308. The van der Waals surface area contributed by atoms with Crippen molar-refractivity contribution in [2.75, 3.05) is 54.0 Å². The van der Waals surface area contributed by atoms with Crippen LogP contribution in [0.2, 0.25) is 0 Å². The van der Waals surface area contributed by atoms with Gasteiger partial charge in [0.05, 0.1) is 18.3 Å². The number of aliphatic hydroxyl groups is 3. The third-order valence-corrected chi connectivity index (χ3v) is 11.3. The Kier molecular flexibility index (Phi) is 5.79. The molecule has 0 aromatic heterocycles. The minimum absolute atomic E-state index is 0.204. The van der Waals surface area contributed by atoms with E-state index in [1.165, 1.54) is 0 Å². The Labute approximate surface area is 273 Å². The van der Waals surface area contributed by atoms with E-state index in [-0.39, 0.29) is 16.3 Å². The summed E-state index contributed by atoms with van der Waals surface area (Å²) < 4.78 is 0. The summed E-state index contributed by atoms with van der Waals surface area (Å²) in [7, 11) is 0. The lowest BCUT2D eigenvalue weighted by molar-refractivity contribution is 0.198. The molecule has 3 saturated heterocycles. The topological polar surface area (TPSA) is 122 Å². The fourth-order valence-corrected chi connectivity index (χ4v) is 8.97. The third kappa shape index (κ3) is 3.75. The van der Waals surface area contributed by atoms with Gasteiger partial charge >= 0.3 is 0 Å². The number of hydrogen-bond donors (Lipinski definition) is 3. The number of fused-ring (bicyclic) bond motifs is 12. The number of β-amino-alcohol motifs (C(OH)–C–C–N with tert-alkyl or cyclic N) is 3. The molecule has 10 rings (SSSR count). The van der Waals surface area contributed by atoms with Crippen molar-refractivity contribution in [2.45, 2.75) is 37.6 Å². The van der Waals surface area contributed by atoms with E-state index in [4.69, 9.17) is 0 Å². The molecule has 48 heavy (non-hydrogen) atoms. The molecule has 3 aliphatic heterocycles. The highest BCUT2D eigenvalue weighted by Crippen LogP contribution is 2.45. The largest absolute Gasteiger partial charge is 0.391 e. The van der Waals surface area contributed by atoms with Gasteiger partial charge < -0.3 is 30.0 Å². The quantitative estimate of drug-likeness (QED) is 0.266. The van der Waals surface area contributed by atoms with Crippen molar-refractivity contribution in [3.63, 3.8) is 0 Å². The number of nitrogens with zero attached hydrogens (tertiary/aromatic N) is 3. The van der Waals surface area contributed by atoms with Crippen LogP contribution >= 0.6 is 0 Å². The molecule has 3 N–H and O–H groups in total. The summed E-state index contributed by atoms with van der Waals surface area (Å²) in [5.74, 6) is 0. The molecular formula is C39H33N3O6. The van der Waals surface area contributed by atoms with Crippen LogP contribution in [0, 0.1) is 0 Å². The zero-order chi connectivity index (χ0) is 32.6. The second kappa shape index (κ2) is 9.85. The van der Waals surface area contributed by atoms with Crippen LogP contribution in [-0.4, -0.2) is 72.9 Å². The van der Waals surface area contributed by atoms with E-state index in [0.717, 1.165) is 17.1 Å². The van der Waals surface area contributed by atoms with Gasteiger partial charge in [-0.25, -0.2) is 0 Å². The van der Waals surface area contributed by atoms with Crippen LogP contribution in [0.15, 0.2) is 69.0 Å². The first-order valence-corrected chi connectivity index (χ1v) is 16.9. The molecule has 7 aromatic carbocycles. The maximum Gasteiger partial charge on any atom is 0.194 e. The Balaban J connectivity index is 1.38. The van der Waals surface area contributed by atoms with Crippen LogP contribution in [0.1, 0.15) is 19.3 Å². The van der Waals surface area contributed by atoms with E-state index in [1.54, 1.807) is 0 Å². The Morgan fingerprint density at radius 1 is 0.417 bits per heavy atom. The summed E-state index contributed by atoms with van der Waals surface area (Å²) in [5.41, 5.74) is 2.03. The third-order valence-electron chi connectivity index (χ3n) is 11.3. The van der Waals surface area contributed by atoms with E-state index < -0.39 is 18.3 Å². The first-order chi connectivity index (χ1) is 23.3. The van der Waals surface area contributed by atoms with E-state index in [2.05, 4.69) is 14.7 Å². The van der Waals surface area contributed by atoms with Crippen molar-refractivity contribution < 1.29 is 15.3 Å². The van der Waals surface area contributed by atoms with Crippen LogP contribution in [0.5, 0.6) is 0 Å². The smallest absolute Gasteiger partial charge is 0.194 e. The summed E-state index contributed by atoms with van der Waals surface area (Å²) in [6.07, 6.45) is 0.721. The fourth-order valence-electron chi connectivity index (χ4n) is 8.97. The van der Waals surface area contributed by atoms with Crippen molar-refractivity contribution in [2.24, 2.45) is 0 Å². The molecule has 0 saturated carbocycles. The second-order valence-corrected chi connectivity index (χ2v) is 14.1. The SMILES string of the molecule is O=c1c2ccc(N3CC[C@@H](O)C3)cc2c2c1c1c3cc(N4CC[C@@H](O)C4)ccc3c(=O)c1c1c3cc(N4CC[C@@H](O)C4)ccc3c(=O)c21. The number of rotatable bonds is 3. The molecular weight excluding hydrogens is 606 g/mol. The molecule has 7 aromatic rings. The molecule has 0 spiro atoms. The van der Waals surface area contributed by atoms with Gasteiger partial charge in [0.1, 0.15) is 0 Å². The van der Waals surface area contributed by atoms with Gasteiger partial charge in [0.2, 0.25) is 0 Å². The van der Waals surface area contributed by atoms with Crippen molar-refractivity contribution in [1.29, 1.82) is 0 Å². The molecule has 0 radical (unpaired) electrons. The molecule has 3 atom stereocenters. The molecule has 0 bridgehead atoms. The molecule has 9 heteroatoms. The van der Waals surface area contributed by atoms with E-state index >= 15 is 0 Å². The highest BCUT2D eigenvalue weighted by molar-refractivity contribution is 6.43. The van der Waals surface area contributed by atoms with E-state index in [9.17, 15) is 29.7 Å². The number of aliphatic hydroxyl groups excluding tert-OH is 3. The average molecular weight is 640 g/mol. The predicted octanol–water partition coefficient (Wildman–Crippen LogP) is 3.71. The highest BCUT2D eigenvalue weighted by Gasteiger charge is 2.30. The van der Waals surface area contributed by atoms with Crippen LogP contribution < -0.4 is 31.0 Å². The molecule has 3 heterocycles. The molecule has 0 amide bonds. The normalized spacial score (nSPS) is 22.1. The number of hydrogen-bond acceptors (Lipinski definition) is 9. The van der Waals surface area contributed by atoms with Crippen LogP contribution in [0.25, 0.3) is 64.6 Å². The minimum Gasteiger partial charge on any atom is -0.391 e. The Hall–Kier alpha value is -4.83. The lowest BCUT2D eigenvalue weighted by Crippen LogP contribution is -2.20. The summed E-state index contributed by atoms with van der Waals surface area (Å²) in [6, 6.07) is 17.1. The summed E-state index contributed by atoms with van der Waals surface area (Å²) >= 11 is 0. The van der Waals surface area contributed by atoms with Gasteiger partial charge in [0, 0.05) is 105 Å². The van der Waals surface area contributed by atoms with Gasteiger partial charge in [-0.05, 0) is 90.0 Å². The van der Waals surface area contributed by atoms with Crippen molar-refractivity contribution in [3.05, 3.63) is 85.3 Å². The van der Waals surface area contributed by atoms with Gasteiger partial charge in [0.15, 0.2) is 16.3 Å². The van der Waals surface area contributed by atoms with E-state index in [0.29, 0.717) is 123 Å². The monoisotopic (exact) mass is 639 g/mol. The van der Waals surface area contributed by atoms with Crippen molar-refractivity contribution in [3.8, 4) is 0 Å². The van der Waals surface area contributed by atoms with Crippen molar-refractivity contribution in [1.82, 2.24) is 0 Å². The highest BCUT2D eigenvalue weighted by atomic mass is 16.3. The maximum absolute atomic E-state index is 14.5. The first-order valence-electron chi connectivity index (χ1n) is 16.9. The number of benzene rings is 4. The molecule has 240 valence electrons. The zero-order valence-electron chi connectivity index (χ0n) is 26.2. The van der Waals surface area contributed by atoms with Gasteiger partial charge in [-0.3, -0.25) is 14.4 Å². The summed E-state index contributed by atoms with van der Waals surface area (Å²) in [4.78, 5) is 49.9. The van der Waals surface area contributed by atoms with Crippen LogP contribution in [0.4, 0.5) is 17.1 Å². The van der Waals surface area contributed by atoms with Gasteiger partial charge in [-0.15, -0.1) is 0 Å². The molecule has 0 unspecified atom stereocenters. The standard InChI is InChI=1S/C39H33N3O6/c43-22-7-10-40(16-22)19-1-4-25-28(13-19)31-34(37(25)46)32-29-14-20(41-11-8-23(44)17-41)2-5-26(29)39(48)36(32)33-30-15-21(42-12-9-24(45)18-42)3-6-27(30)38(47)35(31)33/h1-6,13-15,22-24,43-45H,7-12,16-18H2/t22-,23-,24-/m1/s1. The summed E-state index contributed by atoms with van der Waals surface area (Å²) in [5, 5.41) is 37.2. The summed E-state index contributed by atoms with van der Waals surface area (Å²) in [6.45, 7) is 3.56. The lowest BCUT2D eigenvalue weighted by Gasteiger charge is -2.18. The molecule has 9 nitrogen and oxygen atoms in total. The maximum atomic E-state index is 14.5. The molecule has 0 aliphatic carbocycles. The number of anilines is 3. The molecule has 3 aliphatic rings. The average Bonchev–Trinajstić information content (AvgIpc) is 3.95. The Morgan fingerprint density at radius 3 is 0.958 bits per heavy atom. The molecule has 3 fully saturated rings. The van der Waals surface area contributed by atoms with Crippen molar-refractivity contribution >= 4 is 81.7 Å². The Morgan fingerprint density at radius 2 is 0.708 bits per heavy atom. The van der Waals surface area contributed by atoms with Gasteiger partial charge in [-0.2, -0.15) is 0 Å². The first kappa shape index (κ1) is 28.2. The second-order valence-electron chi connectivity index (χ2n) is 14.1. The lowest BCUT2D eigenvalue weighted by atomic mass is 9.99.